The van der Waals surface area contributed by atoms with Gasteiger partial charge in [-0.1, -0.05) is 6.92 Å². The molecule has 0 heterocycles. The van der Waals surface area contributed by atoms with Gasteiger partial charge >= 0.3 is 0 Å². The standard InChI is InChI=1S/C9H11FN2O3/c1-2-3-15-9-5-7(11)8(12(13)14)4-6(9)10/h4-5H,2-3,11H2,1H3. The van der Waals surface area contributed by atoms with Crippen molar-refractivity contribution in [3.63, 3.8) is 0 Å². The number of hydrogen-bond acceptors (Lipinski definition) is 4. The second kappa shape index (κ2) is 4.59. The first-order chi connectivity index (χ1) is 7.06. The van der Waals surface area contributed by atoms with E-state index in [1.165, 1.54) is 0 Å². The molecule has 15 heavy (non-hydrogen) atoms. The molecular formula is C9H11FN2O3. The van der Waals surface area contributed by atoms with E-state index in [0.29, 0.717) is 6.61 Å². The minimum atomic E-state index is -0.774. The lowest BCUT2D eigenvalue weighted by Crippen LogP contribution is -2.01. The van der Waals surface area contributed by atoms with Gasteiger partial charge in [0, 0.05) is 6.07 Å². The first kappa shape index (κ1) is 11.2. The van der Waals surface area contributed by atoms with Crippen LogP contribution in [0.1, 0.15) is 13.3 Å². The maximum Gasteiger partial charge on any atom is 0.295 e. The second-order valence-electron chi connectivity index (χ2n) is 2.95. The monoisotopic (exact) mass is 214 g/mol. The number of halogens is 1. The van der Waals surface area contributed by atoms with E-state index in [1.807, 2.05) is 6.92 Å². The van der Waals surface area contributed by atoms with Gasteiger partial charge in [0.2, 0.25) is 0 Å². The third-order valence-electron chi connectivity index (χ3n) is 1.74. The van der Waals surface area contributed by atoms with Crippen LogP contribution in [-0.2, 0) is 0 Å². The van der Waals surface area contributed by atoms with Crippen molar-refractivity contribution in [1.29, 1.82) is 0 Å². The van der Waals surface area contributed by atoms with Crippen LogP contribution in [0.2, 0.25) is 0 Å². The van der Waals surface area contributed by atoms with Crippen LogP contribution in [0.15, 0.2) is 12.1 Å². The maximum absolute atomic E-state index is 13.2. The highest BCUT2D eigenvalue weighted by Gasteiger charge is 2.16. The largest absolute Gasteiger partial charge is 0.490 e. The van der Waals surface area contributed by atoms with E-state index in [4.69, 9.17) is 10.5 Å². The first-order valence-corrected chi connectivity index (χ1v) is 4.42. The number of nitrogen functional groups attached to an aromatic ring is 1. The summed E-state index contributed by atoms with van der Waals surface area (Å²) in [7, 11) is 0. The van der Waals surface area contributed by atoms with Crippen LogP contribution in [0.25, 0.3) is 0 Å². The lowest BCUT2D eigenvalue weighted by Gasteiger charge is -2.06. The Morgan fingerprint density at radius 2 is 2.27 bits per heavy atom. The van der Waals surface area contributed by atoms with Crippen molar-refractivity contribution >= 4 is 11.4 Å². The van der Waals surface area contributed by atoms with Crippen molar-refractivity contribution in [3.8, 4) is 5.75 Å². The third-order valence-corrected chi connectivity index (χ3v) is 1.74. The fourth-order valence-corrected chi connectivity index (χ4v) is 1.04. The predicted octanol–water partition coefficient (Wildman–Crippen LogP) is 2.10. The number of ether oxygens (including phenoxy) is 1. The highest BCUT2D eigenvalue weighted by molar-refractivity contribution is 5.61. The molecule has 1 aromatic carbocycles. The topological polar surface area (TPSA) is 78.4 Å². The Kier molecular flexibility index (Phi) is 3.43. The summed E-state index contributed by atoms with van der Waals surface area (Å²) in [5.41, 5.74) is 4.82. The average Bonchev–Trinajstić information content (AvgIpc) is 2.18. The number of benzene rings is 1. The van der Waals surface area contributed by atoms with Gasteiger partial charge in [0.15, 0.2) is 11.6 Å². The molecule has 0 amide bonds. The summed E-state index contributed by atoms with van der Waals surface area (Å²) in [6, 6.07) is 1.89. The van der Waals surface area contributed by atoms with Crippen molar-refractivity contribution in [1.82, 2.24) is 0 Å². The first-order valence-electron chi connectivity index (χ1n) is 4.42. The van der Waals surface area contributed by atoms with Crippen LogP contribution < -0.4 is 10.5 Å². The molecule has 6 heteroatoms. The lowest BCUT2D eigenvalue weighted by molar-refractivity contribution is -0.384. The zero-order chi connectivity index (χ0) is 11.4. The van der Waals surface area contributed by atoms with Crippen LogP contribution in [0.4, 0.5) is 15.8 Å². The number of rotatable bonds is 4. The molecular weight excluding hydrogens is 203 g/mol. The Bertz CT molecular complexity index is 382. The van der Waals surface area contributed by atoms with Crippen LogP contribution in [0.3, 0.4) is 0 Å². The minimum absolute atomic E-state index is 0.0556. The molecule has 0 atom stereocenters. The number of anilines is 1. The van der Waals surface area contributed by atoms with Gasteiger partial charge in [0.05, 0.1) is 17.6 Å². The van der Waals surface area contributed by atoms with Gasteiger partial charge in [-0.05, 0) is 6.42 Å². The summed E-state index contributed by atoms with van der Waals surface area (Å²) in [5, 5.41) is 10.4. The van der Waals surface area contributed by atoms with Crippen LogP contribution in [0.5, 0.6) is 5.75 Å². The van der Waals surface area contributed by atoms with Gasteiger partial charge in [0.1, 0.15) is 5.69 Å². The quantitative estimate of drug-likeness (QED) is 0.473. The molecule has 0 spiro atoms. The molecule has 5 nitrogen and oxygen atoms in total. The Balaban J connectivity index is 3.02. The Morgan fingerprint density at radius 1 is 1.60 bits per heavy atom. The summed E-state index contributed by atoms with van der Waals surface area (Å²) in [4.78, 5) is 9.68. The summed E-state index contributed by atoms with van der Waals surface area (Å²) in [6.07, 6.45) is 0.719. The van der Waals surface area contributed by atoms with Gasteiger partial charge in [0.25, 0.3) is 5.69 Å². The molecule has 0 aliphatic rings. The van der Waals surface area contributed by atoms with Crippen molar-refractivity contribution in [2.75, 3.05) is 12.3 Å². The van der Waals surface area contributed by atoms with Gasteiger partial charge in [-0.3, -0.25) is 10.1 Å². The summed E-state index contributed by atoms with van der Waals surface area (Å²) < 4.78 is 18.3. The number of nitro groups is 1. The second-order valence-corrected chi connectivity index (χ2v) is 2.95. The molecule has 0 aromatic heterocycles. The highest BCUT2D eigenvalue weighted by Crippen LogP contribution is 2.29. The number of nitro benzene ring substituents is 1. The van der Waals surface area contributed by atoms with Gasteiger partial charge in [-0.25, -0.2) is 4.39 Å². The van der Waals surface area contributed by atoms with Crippen LogP contribution in [-0.4, -0.2) is 11.5 Å². The summed E-state index contributed by atoms with van der Waals surface area (Å²) in [5.74, 6) is -0.829. The average molecular weight is 214 g/mol. The molecule has 0 bridgehead atoms. The Hall–Kier alpha value is -1.85. The number of nitrogens with zero attached hydrogens (tertiary/aromatic N) is 1. The fourth-order valence-electron chi connectivity index (χ4n) is 1.04. The van der Waals surface area contributed by atoms with Gasteiger partial charge in [-0.2, -0.15) is 0 Å². The SMILES string of the molecule is CCCOc1cc(N)c([N+](=O)[O-])cc1F. The zero-order valence-corrected chi connectivity index (χ0v) is 8.20. The fraction of sp³-hybridized carbons (Fsp3) is 0.333. The highest BCUT2D eigenvalue weighted by atomic mass is 19.1. The molecule has 2 N–H and O–H groups in total. The molecule has 0 saturated carbocycles. The molecule has 1 rings (SSSR count). The van der Waals surface area contributed by atoms with Crippen molar-refractivity contribution in [2.45, 2.75) is 13.3 Å². The normalized spacial score (nSPS) is 10.0. The predicted molar refractivity (Wildman–Crippen MR) is 53.3 cm³/mol. The molecule has 0 saturated heterocycles. The Morgan fingerprint density at radius 3 is 2.80 bits per heavy atom. The van der Waals surface area contributed by atoms with Gasteiger partial charge < -0.3 is 10.5 Å². The smallest absolute Gasteiger partial charge is 0.295 e. The van der Waals surface area contributed by atoms with E-state index in [9.17, 15) is 14.5 Å². The van der Waals surface area contributed by atoms with E-state index in [0.717, 1.165) is 18.6 Å². The molecule has 0 fully saturated rings. The van der Waals surface area contributed by atoms with E-state index in [-0.39, 0.29) is 11.4 Å². The molecule has 0 radical (unpaired) electrons. The Labute approximate surface area is 85.8 Å². The molecule has 0 unspecified atom stereocenters. The lowest BCUT2D eigenvalue weighted by atomic mass is 10.2. The number of hydrogen-bond donors (Lipinski definition) is 1. The third kappa shape index (κ3) is 2.55. The molecule has 1 aromatic rings. The zero-order valence-electron chi connectivity index (χ0n) is 8.20. The number of nitrogens with two attached hydrogens (primary N) is 1. The van der Waals surface area contributed by atoms with E-state index in [1.54, 1.807) is 0 Å². The van der Waals surface area contributed by atoms with Crippen molar-refractivity contribution < 1.29 is 14.1 Å². The molecule has 82 valence electrons. The molecule has 0 aliphatic heterocycles. The van der Waals surface area contributed by atoms with Gasteiger partial charge in [-0.15, -0.1) is 0 Å². The summed E-state index contributed by atoms with van der Waals surface area (Å²) in [6.45, 7) is 2.21. The van der Waals surface area contributed by atoms with Crippen molar-refractivity contribution in [3.05, 3.63) is 28.1 Å². The van der Waals surface area contributed by atoms with E-state index >= 15 is 0 Å². The van der Waals surface area contributed by atoms with E-state index < -0.39 is 16.4 Å². The van der Waals surface area contributed by atoms with E-state index in [2.05, 4.69) is 0 Å². The summed E-state index contributed by atoms with van der Waals surface area (Å²) >= 11 is 0. The van der Waals surface area contributed by atoms with Crippen molar-refractivity contribution in [2.24, 2.45) is 0 Å². The van der Waals surface area contributed by atoms with Crippen LogP contribution in [0, 0.1) is 15.9 Å². The molecule has 0 aliphatic carbocycles. The maximum atomic E-state index is 13.2. The minimum Gasteiger partial charge on any atom is -0.490 e. The van der Waals surface area contributed by atoms with Crippen LogP contribution >= 0.6 is 0 Å².